The summed E-state index contributed by atoms with van der Waals surface area (Å²) in [5.41, 5.74) is 2.36. The van der Waals surface area contributed by atoms with Crippen molar-refractivity contribution >= 4 is 65.0 Å². The number of nitrogens with one attached hydrogen (secondary N) is 4. The van der Waals surface area contributed by atoms with Gasteiger partial charge >= 0.3 is 6.03 Å². The molecule has 4 amide bonds. The van der Waals surface area contributed by atoms with Crippen molar-refractivity contribution in [2.24, 2.45) is 0 Å². The quantitative estimate of drug-likeness (QED) is 0.0486. The molecule has 468 valence electrons. The summed E-state index contributed by atoms with van der Waals surface area (Å²) in [7, 11) is 0. The molecule has 6 rings (SSSR count). The first-order valence-electron chi connectivity index (χ1n) is 29.4. The molecule has 2 aromatic rings. The van der Waals surface area contributed by atoms with Crippen LogP contribution in [0.5, 0.6) is 0 Å². The highest BCUT2D eigenvalue weighted by atomic mass is 35.5. The minimum absolute atomic E-state index is 0. The number of benzene rings is 1. The van der Waals surface area contributed by atoms with E-state index in [0.29, 0.717) is 195 Å². The van der Waals surface area contributed by atoms with E-state index in [0.717, 1.165) is 67.8 Å². The fourth-order valence-electron chi connectivity index (χ4n) is 10.0. The van der Waals surface area contributed by atoms with Gasteiger partial charge in [0.05, 0.1) is 175 Å². The summed E-state index contributed by atoms with van der Waals surface area (Å²) < 4.78 is 67.5. The smallest absolute Gasteiger partial charge is 0.315 e. The number of hydrogen-bond acceptors (Lipinski definition) is 19. The molecule has 1 saturated carbocycles. The number of halogens is 2. The Morgan fingerprint density at radius 2 is 1.16 bits per heavy atom. The van der Waals surface area contributed by atoms with E-state index in [-0.39, 0.29) is 48.4 Å². The summed E-state index contributed by atoms with van der Waals surface area (Å²) in [4.78, 5) is 45.6. The van der Waals surface area contributed by atoms with Gasteiger partial charge in [0.2, 0.25) is 5.91 Å². The van der Waals surface area contributed by atoms with Gasteiger partial charge in [-0.05, 0) is 76.5 Å². The Morgan fingerprint density at radius 3 is 1.65 bits per heavy atom. The van der Waals surface area contributed by atoms with Crippen LogP contribution in [0, 0.1) is 13.8 Å². The van der Waals surface area contributed by atoms with Gasteiger partial charge in [-0.25, -0.2) is 9.78 Å². The first-order chi connectivity index (χ1) is 39.7. The molecule has 1 aliphatic carbocycles. The third-order valence-electron chi connectivity index (χ3n) is 14.5. The fourth-order valence-corrected chi connectivity index (χ4v) is 12.8. The fraction of sp³-hybridized carbons (Fsp3) is 0.789. The lowest BCUT2D eigenvalue weighted by atomic mass is 9.84. The molecule has 25 heteroatoms. The third kappa shape index (κ3) is 28.3. The number of aryl methyl sites for hydroxylation is 2. The average Bonchev–Trinajstić information content (AvgIpc) is 4.17. The minimum atomic E-state index is -0.530. The maximum absolute atomic E-state index is 13.3. The van der Waals surface area contributed by atoms with E-state index in [1.165, 1.54) is 15.4 Å². The zero-order chi connectivity index (χ0) is 57.0. The standard InChI is InChI=1S/C57H93ClN6O15S2.ClH/c1-43-44(2)81-56(61-43)46-9-13-48(14-10-46)64-40-51(79-41-49(64)39-45-7-11-47(58)12-8-45)55(66)60-16-18-69-20-22-71-24-26-73-28-30-75-32-34-77-36-38-78-37-35-76-33-31-74-29-27-72-25-23-70-21-19-68-17-15-59-53(65)6-4-3-5-52-54-50(42-80-52)62-57(67)63-54;/h7-8,11-12,46,48-52,54H,3-6,9-10,13-42H2,1-2H3,(H,59,65)(H,60,66)(H2,62,63,67);1H/t46?,48?,49-,50-,51+,52-,54-;/m0./s1. The SMILES string of the molecule is Cc1nc(C2CCC(N3C[C@H](C(=O)NCCOCCOCCOCCOCCOCCOCCOCCOCCOCCOCCOCCNC(=O)CCCC[C@@H]4SC[C@@H]5NC(=O)N[C@@H]54)OC[C@@H]3Cc3ccc(Cl)cc3)CC2)sc1C.Cl. The Balaban J connectivity index is 0.0000123. The van der Waals surface area contributed by atoms with Crippen molar-refractivity contribution in [3.05, 3.63) is 50.4 Å². The van der Waals surface area contributed by atoms with Gasteiger partial charge in [0.25, 0.3) is 5.91 Å². The Hall–Kier alpha value is -2.53. The Labute approximate surface area is 505 Å². The Morgan fingerprint density at radius 1 is 0.671 bits per heavy atom. The van der Waals surface area contributed by atoms with Gasteiger partial charge in [-0.3, -0.25) is 14.5 Å². The summed E-state index contributed by atoms with van der Waals surface area (Å²) in [6.07, 6.45) is 8.00. The highest BCUT2D eigenvalue weighted by Gasteiger charge is 2.43. The topological polar surface area (TPSA) is 226 Å². The average molecular weight is 1240 g/mol. The van der Waals surface area contributed by atoms with Crippen LogP contribution in [0.4, 0.5) is 4.79 Å². The van der Waals surface area contributed by atoms with Crippen molar-refractivity contribution in [1.29, 1.82) is 0 Å². The third-order valence-corrected chi connectivity index (χ3v) is 17.5. The molecule has 21 nitrogen and oxygen atoms in total. The Kier molecular flexibility index (Phi) is 37.0. The number of fused-ring (bicyclic) bond motifs is 1. The molecule has 0 spiro atoms. The molecular weight excluding hydrogens is 1140 g/mol. The predicted molar refractivity (Wildman–Crippen MR) is 318 cm³/mol. The maximum Gasteiger partial charge on any atom is 0.315 e. The van der Waals surface area contributed by atoms with E-state index in [1.807, 2.05) is 35.2 Å². The molecule has 3 saturated heterocycles. The van der Waals surface area contributed by atoms with Crippen molar-refractivity contribution in [3.8, 4) is 0 Å². The minimum Gasteiger partial charge on any atom is -0.377 e. The Bertz CT molecular complexity index is 2000. The van der Waals surface area contributed by atoms with Gasteiger partial charge in [0, 0.05) is 65.0 Å². The van der Waals surface area contributed by atoms with Gasteiger partial charge in [0.1, 0.15) is 6.10 Å². The van der Waals surface area contributed by atoms with Crippen molar-refractivity contribution in [2.45, 2.75) is 113 Å². The summed E-state index contributed by atoms with van der Waals surface area (Å²) in [6.45, 7) is 16.3. The van der Waals surface area contributed by atoms with Crippen molar-refractivity contribution in [1.82, 2.24) is 31.2 Å². The molecule has 0 unspecified atom stereocenters. The number of carbonyl (C=O) groups excluding carboxylic acids is 3. The summed E-state index contributed by atoms with van der Waals surface area (Å²) in [5, 5.41) is 14.3. The van der Waals surface area contributed by atoms with Gasteiger partial charge in [-0.1, -0.05) is 30.2 Å². The van der Waals surface area contributed by atoms with Crippen LogP contribution in [-0.4, -0.2) is 241 Å². The molecule has 1 aromatic carbocycles. The number of nitrogens with zero attached hydrogens (tertiary/aromatic N) is 2. The van der Waals surface area contributed by atoms with E-state index in [1.54, 1.807) is 0 Å². The van der Waals surface area contributed by atoms with Crippen LogP contribution in [0.2, 0.25) is 5.02 Å². The predicted octanol–water partition coefficient (Wildman–Crippen LogP) is 5.31. The van der Waals surface area contributed by atoms with Gasteiger partial charge in [0.15, 0.2) is 0 Å². The van der Waals surface area contributed by atoms with Crippen molar-refractivity contribution < 1.29 is 71.2 Å². The van der Waals surface area contributed by atoms with Crippen LogP contribution in [-0.2, 0) is 72.9 Å². The van der Waals surface area contributed by atoms with E-state index in [9.17, 15) is 14.4 Å². The zero-order valence-corrected chi connectivity index (χ0v) is 51.6. The molecule has 4 fully saturated rings. The van der Waals surface area contributed by atoms with E-state index in [4.69, 9.17) is 73.4 Å². The van der Waals surface area contributed by atoms with E-state index in [2.05, 4.69) is 52.1 Å². The first kappa shape index (κ1) is 70.2. The summed E-state index contributed by atoms with van der Waals surface area (Å²) in [5.74, 6) is 1.40. The molecule has 1 aromatic heterocycles. The largest absolute Gasteiger partial charge is 0.377 e. The molecule has 0 bridgehead atoms. The lowest BCUT2D eigenvalue weighted by Crippen LogP contribution is -2.58. The van der Waals surface area contributed by atoms with Crippen LogP contribution in [0.3, 0.4) is 0 Å². The molecule has 5 atom stereocenters. The van der Waals surface area contributed by atoms with E-state index >= 15 is 0 Å². The lowest BCUT2D eigenvalue weighted by Gasteiger charge is -2.45. The summed E-state index contributed by atoms with van der Waals surface area (Å²) >= 11 is 9.92. The number of morpholine rings is 1. The second kappa shape index (κ2) is 43.2. The van der Waals surface area contributed by atoms with Crippen LogP contribution in [0.1, 0.15) is 78.4 Å². The van der Waals surface area contributed by atoms with Crippen molar-refractivity contribution in [2.75, 3.05) is 177 Å². The molecule has 3 aliphatic heterocycles. The zero-order valence-electron chi connectivity index (χ0n) is 48.4. The molecular formula is C57H94Cl2N6O15S2. The number of thioether (sulfide) groups is 1. The second-order valence-corrected chi connectivity index (χ2v) is 23.4. The number of hydrogen-bond donors (Lipinski definition) is 4. The van der Waals surface area contributed by atoms with Crippen LogP contribution in [0.15, 0.2) is 24.3 Å². The molecule has 4 N–H and O–H groups in total. The maximum atomic E-state index is 13.3. The lowest BCUT2D eigenvalue weighted by molar-refractivity contribution is -0.145. The van der Waals surface area contributed by atoms with Gasteiger partial charge < -0.3 is 78.1 Å². The number of ether oxygens (including phenoxy) is 12. The van der Waals surface area contributed by atoms with Crippen LogP contribution in [0.25, 0.3) is 0 Å². The number of carbonyl (C=O) groups is 3. The molecule has 0 radical (unpaired) electrons. The number of rotatable bonds is 46. The van der Waals surface area contributed by atoms with Gasteiger partial charge in [-0.2, -0.15) is 11.8 Å². The number of unbranched alkanes of at least 4 members (excludes halogenated alkanes) is 1. The summed E-state index contributed by atoms with van der Waals surface area (Å²) in [6, 6.07) is 9.01. The molecule has 4 aliphatic rings. The highest BCUT2D eigenvalue weighted by molar-refractivity contribution is 8.00. The number of amides is 4. The number of aromatic nitrogens is 1. The number of thiazole rings is 1. The van der Waals surface area contributed by atoms with E-state index < -0.39 is 6.10 Å². The molecule has 4 heterocycles. The van der Waals surface area contributed by atoms with Crippen LogP contribution >= 0.6 is 47.1 Å². The number of urea groups is 1. The highest BCUT2D eigenvalue weighted by Crippen LogP contribution is 2.39. The monoisotopic (exact) mass is 1240 g/mol. The normalized spacial score (nSPS) is 21.7. The first-order valence-corrected chi connectivity index (χ1v) is 31.6. The van der Waals surface area contributed by atoms with Crippen LogP contribution < -0.4 is 21.3 Å². The van der Waals surface area contributed by atoms with Crippen molar-refractivity contribution in [3.63, 3.8) is 0 Å². The second-order valence-electron chi connectivity index (χ2n) is 20.4. The van der Waals surface area contributed by atoms with Gasteiger partial charge in [-0.15, -0.1) is 23.7 Å². The molecule has 82 heavy (non-hydrogen) atoms.